The van der Waals surface area contributed by atoms with E-state index in [-0.39, 0.29) is 17.4 Å². The van der Waals surface area contributed by atoms with Gasteiger partial charge in [0.2, 0.25) is 5.12 Å². The number of carbonyl (C=O) groups is 1. The molecule has 0 bridgehead atoms. The van der Waals surface area contributed by atoms with Crippen molar-refractivity contribution < 1.29 is 27.3 Å². The molecule has 0 saturated carbocycles. The maximum atomic E-state index is 10.1. The van der Waals surface area contributed by atoms with Crippen molar-refractivity contribution in [2.45, 2.75) is 25.9 Å². The molecule has 0 aliphatic heterocycles. The summed E-state index contributed by atoms with van der Waals surface area (Å²) in [7, 11) is 0. The predicted octanol–water partition coefficient (Wildman–Crippen LogP) is 0.601. The van der Waals surface area contributed by atoms with Gasteiger partial charge in [0.25, 0.3) is 0 Å². The summed E-state index contributed by atoms with van der Waals surface area (Å²) in [5.41, 5.74) is 0. The second-order valence-electron chi connectivity index (χ2n) is 1.64. The number of carbonyl (C=O) groups excluding carboxylic acids is 1. The maximum absolute atomic E-state index is 10.1. The minimum Gasteiger partial charge on any atom is -0.384 e. The van der Waals surface area contributed by atoms with Crippen LogP contribution in [-0.2, 0) is 22.2 Å². The van der Waals surface area contributed by atoms with Gasteiger partial charge in [0.15, 0.2) is 0 Å². The molecule has 0 radical (unpaired) electrons. The fraction of sp³-hybridized carbons (Fsp3) is 0.800. The van der Waals surface area contributed by atoms with Crippen LogP contribution in [0.3, 0.4) is 0 Å². The molecule has 9 heavy (non-hydrogen) atoms. The molecule has 0 aliphatic rings. The monoisotopic (exact) mass is 186 g/mol. The summed E-state index contributed by atoms with van der Waals surface area (Å²) >= 11 is 3.44. The Labute approximate surface area is 71.2 Å². The van der Waals surface area contributed by atoms with E-state index in [4.69, 9.17) is 5.11 Å². The zero-order valence-corrected chi connectivity index (χ0v) is 7.37. The molecule has 0 spiro atoms. The molecule has 0 aromatic rings. The van der Waals surface area contributed by atoms with Gasteiger partial charge >= 0.3 is 0 Å². The van der Waals surface area contributed by atoms with E-state index < -0.39 is 11.2 Å². The van der Waals surface area contributed by atoms with Crippen LogP contribution in [-0.4, -0.2) is 16.3 Å². The summed E-state index contributed by atoms with van der Waals surface area (Å²) in [5, 5.41) is 8.26. The second kappa shape index (κ2) is 6.63. The number of hydrogen-bond donors (Lipinski definition) is 2. The first-order valence-electron chi connectivity index (χ1n) is 2.59. The molecule has 1 N–H and O–H groups in total. The van der Waals surface area contributed by atoms with Crippen molar-refractivity contribution in [3.8, 4) is 0 Å². The Morgan fingerprint density at radius 3 is 2.33 bits per heavy atom. The van der Waals surface area contributed by atoms with Gasteiger partial charge in [0, 0.05) is 17.4 Å². The van der Waals surface area contributed by atoms with E-state index in [0.717, 1.165) is 6.42 Å². The summed E-state index contributed by atoms with van der Waals surface area (Å²) < 4.78 is 0. The number of rotatable bonds is 3. The first-order chi connectivity index (χ1) is 3.68. The summed E-state index contributed by atoms with van der Waals surface area (Å²) in [4.78, 5) is 10.1. The van der Waals surface area contributed by atoms with E-state index >= 15 is 0 Å². The van der Waals surface area contributed by atoms with Gasteiger partial charge in [-0.3, -0.25) is 4.79 Å². The second-order valence-corrected chi connectivity index (χ2v) is 2.08. The number of hydrogen-bond acceptors (Lipinski definition) is 2. The SMILES string of the molecule is CCCC(O)C(=O)S.[Cr]. The van der Waals surface area contributed by atoms with Crippen LogP contribution in [0.25, 0.3) is 0 Å². The first kappa shape index (κ1) is 12.2. The Bertz CT molecular complexity index is 87.0. The van der Waals surface area contributed by atoms with Crippen molar-refractivity contribution in [2.24, 2.45) is 0 Å². The van der Waals surface area contributed by atoms with Crippen molar-refractivity contribution >= 4 is 17.7 Å². The molecule has 1 unspecified atom stereocenters. The minimum atomic E-state index is -0.858. The van der Waals surface area contributed by atoms with Crippen molar-refractivity contribution in [3.05, 3.63) is 0 Å². The van der Waals surface area contributed by atoms with Gasteiger partial charge in [0.1, 0.15) is 6.10 Å². The van der Waals surface area contributed by atoms with Gasteiger partial charge in [-0.05, 0) is 6.42 Å². The van der Waals surface area contributed by atoms with Crippen molar-refractivity contribution in [1.82, 2.24) is 0 Å². The molecule has 0 aromatic carbocycles. The van der Waals surface area contributed by atoms with Gasteiger partial charge in [-0.25, -0.2) is 0 Å². The van der Waals surface area contributed by atoms with Crippen LogP contribution in [0.1, 0.15) is 19.8 Å². The Kier molecular flexibility index (Phi) is 9.00. The molecule has 0 rings (SSSR count). The van der Waals surface area contributed by atoms with Crippen molar-refractivity contribution in [2.75, 3.05) is 0 Å². The molecule has 0 amide bonds. The molecule has 4 heteroatoms. The van der Waals surface area contributed by atoms with Gasteiger partial charge in [-0.1, -0.05) is 13.3 Å². The number of aliphatic hydroxyl groups excluding tert-OH is 1. The summed E-state index contributed by atoms with van der Waals surface area (Å²) in [6, 6.07) is 0. The van der Waals surface area contributed by atoms with E-state index in [9.17, 15) is 4.79 Å². The van der Waals surface area contributed by atoms with Crippen LogP contribution in [0.15, 0.2) is 0 Å². The maximum Gasteiger partial charge on any atom is 0.214 e. The van der Waals surface area contributed by atoms with Crippen LogP contribution in [0.4, 0.5) is 0 Å². The molecule has 2 nitrogen and oxygen atoms in total. The quantitative estimate of drug-likeness (QED) is 0.633. The molecule has 0 aromatic heterocycles. The Hall–Kier alpha value is 0.512. The van der Waals surface area contributed by atoms with E-state index in [1.807, 2.05) is 6.92 Å². The topological polar surface area (TPSA) is 37.3 Å². The van der Waals surface area contributed by atoms with Gasteiger partial charge in [0.05, 0.1) is 0 Å². The molecule has 0 aliphatic carbocycles. The van der Waals surface area contributed by atoms with Crippen LogP contribution in [0.5, 0.6) is 0 Å². The van der Waals surface area contributed by atoms with Crippen LogP contribution < -0.4 is 0 Å². The van der Waals surface area contributed by atoms with E-state index in [1.165, 1.54) is 0 Å². The third kappa shape index (κ3) is 6.40. The molecular formula is C5H10CrO2S. The molecule has 1 atom stereocenters. The Balaban J connectivity index is 0. The van der Waals surface area contributed by atoms with Gasteiger partial charge < -0.3 is 5.11 Å². The fourth-order valence-corrected chi connectivity index (χ4v) is 0.526. The third-order valence-corrected chi connectivity index (χ3v) is 1.15. The summed E-state index contributed by atoms with van der Waals surface area (Å²) in [5.74, 6) is 0. The average Bonchev–Trinajstić information content (AvgIpc) is 1.67. The molecule has 0 fully saturated rings. The zero-order valence-electron chi connectivity index (χ0n) is 5.20. The van der Waals surface area contributed by atoms with E-state index in [0.29, 0.717) is 6.42 Å². The largest absolute Gasteiger partial charge is 0.384 e. The average molecular weight is 186 g/mol. The van der Waals surface area contributed by atoms with E-state index in [2.05, 4.69) is 12.6 Å². The number of thiol groups is 1. The first-order valence-corrected chi connectivity index (χ1v) is 3.04. The van der Waals surface area contributed by atoms with Crippen molar-refractivity contribution in [3.63, 3.8) is 0 Å². The molecule has 54 valence electrons. The van der Waals surface area contributed by atoms with E-state index in [1.54, 1.807) is 0 Å². The van der Waals surface area contributed by atoms with Crippen LogP contribution in [0.2, 0.25) is 0 Å². The molecular weight excluding hydrogens is 176 g/mol. The molecule has 0 heterocycles. The summed E-state index contributed by atoms with van der Waals surface area (Å²) in [6.07, 6.45) is 0.471. The number of aliphatic hydroxyl groups is 1. The Morgan fingerprint density at radius 1 is 1.78 bits per heavy atom. The van der Waals surface area contributed by atoms with Crippen molar-refractivity contribution in [1.29, 1.82) is 0 Å². The fourth-order valence-electron chi connectivity index (χ4n) is 0.397. The normalized spacial score (nSPS) is 11.9. The van der Waals surface area contributed by atoms with Crippen LogP contribution >= 0.6 is 12.6 Å². The van der Waals surface area contributed by atoms with Gasteiger partial charge in [-0.15, -0.1) is 12.6 Å². The van der Waals surface area contributed by atoms with Gasteiger partial charge in [-0.2, -0.15) is 0 Å². The zero-order chi connectivity index (χ0) is 6.57. The smallest absolute Gasteiger partial charge is 0.214 e. The van der Waals surface area contributed by atoms with Crippen LogP contribution in [0, 0.1) is 0 Å². The standard InChI is InChI=1S/C5H10O2S.Cr/c1-2-3-4(6)5(7)8;/h4,6H,2-3H2,1H3,(H,7,8);. The Morgan fingerprint density at radius 2 is 2.22 bits per heavy atom. The molecule has 0 saturated heterocycles. The summed E-state index contributed by atoms with van der Waals surface area (Å²) in [6.45, 7) is 1.90. The minimum absolute atomic E-state index is 0. The predicted molar refractivity (Wildman–Crippen MR) is 34.9 cm³/mol. The third-order valence-electron chi connectivity index (χ3n) is 0.847.